The quantitative estimate of drug-likeness (QED) is 0.727. The van der Waals surface area contributed by atoms with Gasteiger partial charge in [-0.3, -0.25) is 0 Å². The molecular weight excluding hydrogens is 204 g/mol. The van der Waals surface area contributed by atoms with Crippen molar-refractivity contribution in [3.63, 3.8) is 0 Å². The lowest BCUT2D eigenvalue weighted by atomic mass is 10.2. The van der Waals surface area contributed by atoms with Gasteiger partial charge in [0.05, 0.1) is 12.4 Å². The van der Waals surface area contributed by atoms with E-state index in [4.69, 9.17) is 9.15 Å². The zero-order valence-electron chi connectivity index (χ0n) is 8.43. The Morgan fingerprint density at radius 2 is 2.31 bits per heavy atom. The largest absolute Gasteiger partial charge is 0.469 e. The highest BCUT2D eigenvalue weighted by atomic mass is 16.5. The summed E-state index contributed by atoms with van der Waals surface area (Å²) in [6.07, 6.45) is 6.14. The number of aromatic nitrogens is 2. The second-order valence-corrected chi connectivity index (χ2v) is 3.34. The van der Waals surface area contributed by atoms with Crippen molar-refractivity contribution in [2.75, 3.05) is 0 Å². The van der Waals surface area contributed by atoms with Gasteiger partial charge in [0.1, 0.15) is 6.26 Å². The van der Waals surface area contributed by atoms with Crippen LogP contribution in [0.4, 0.5) is 0 Å². The minimum Gasteiger partial charge on any atom is -0.469 e. The monoisotopic (exact) mass is 213 g/mol. The maximum Gasteiger partial charge on any atom is 0.232 e. The second kappa shape index (κ2) is 3.73. The Labute approximate surface area is 91.9 Å². The van der Waals surface area contributed by atoms with E-state index in [1.807, 2.05) is 24.3 Å². The molecule has 79 valence electrons. The maximum absolute atomic E-state index is 5.56. The van der Waals surface area contributed by atoms with Gasteiger partial charge < -0.3 is 14.1 Å². The Balaban J connectivity index is 1.84. The molecule has 0 amide bonds. The van der Waals surface area contributed by atoms with Gasteiger partial charge in [0.2, 0.25) is 5.89 Å². The molecule has 3 rings (SSSR count). The fourth-order valence-corrected chi connectivity index (χ4v) is 1.55. The summed E-state index contributed by atoms with van der Waals surface area (Å²) in [7, 11) is 0. The summed E-state index contributed by atoms with van der Waals surface area (Å²) in [6.45, 7) is 0.311. The normalized spacial score (nSPS) is 10.8. The van der Waals surface area contributed by atoms with Crippen LogP contribution in [0.25, 0.3) is 10.8 Å². The number of aromatic amines is 1. The lowest BCUT2D eigenvalue weighted by molar-refractivity contribution is 0.257. The van der Waals surface area contributed by atoms with Crippen molar-refractivity contribution in [1.82, 2.24) is 9.97 Å². The summed E-state index contributed by atoms with van der Waals surface area (Å²) >= 11 is 0. The average molecular weight is 213 g/mol. The van der Waals surface area contributed by atoms with Gasteiger partial charge in [0.15, 0.2) is 12.5 Å². The summed E-state index contributed by atoms with van der Waals surface area (Å²) in [4.78, 5) is 6.94. The number of nitrogens with one attached hydrogen (secondary N) is 1. The van der Waals surface area contributed by atoms with E-state index >= 15 is 0 Å². The van der Waals surface area contributed by atoms with Gasteiger partial charge in [-0.15, -0.1) is 0 Å². The fraction of sp³-hybridized carbons (Fsp3) is 0.0833. The third-order valence-corrected chi connectivity index (χ3v) is 2.31. The molecule has 2 heterocycles. The predicted octanol–water partition coefficient (Wildman–Crippen LogP) is 2.54. The van der Waals surface area contributed by atoms with Gasteiger partial charge in [0.25, 0.3) is 0 Å². The van der Waals surface area contributed by atoms with Crippen LogP contribution >= 0.6 is 0 Å². The van der Waals surface area contributed by atoms with Crippen molar-refractivity contribution in [2.24, 2.45) is 0 Å². The van der Waals surface area contributed by atoms with Crippen LogP contribution in [0.2, 0.25) is 0 Å². The van der Waals surface area contributed by atoms with Crippen molar-refractivity contribution in [3.05, 3.63) is 48.8 Å². The number of benzene rings is 1. The number of oxazole rings is 1. The maximum atomic E-state index is 5.56. The first kappa shape index (κ1) is 9.03. The van der Waals surface area contributed by atoms with Gasteiger partial charge >= 0.3 is 0 Å². The Bertz CT molecular complexity index is 584. The van der Waals surface area contributed by atoms with Crippen LogP contribution in [-0.2, 0) is 6.61 Å². The van der Waals surface area contributed by atoms with E-state index in [0.717, 1.165) is 10.8 Å². The highest BCUT2D eigenvalue weighted by Gasteiger charge is 2.05. The summed E-state index contributed by atoms with van der Waals surface area (Å²) in [6, 6.07) is 7.88. The van der Waals surface area contributed by atoms with E-state index in [0.29, 0.717) is 18.4 Å². The number of fused-ring (bicyclic) bond motifs is 1. The molecule has 0 bridgehead atoms. The van der Waals surface area contributed by atoms with Crippen LogP contribution in [0, 0.1) is 6.20 Å². The first-order valence-corrected chi connectivity index (χ1v) is 4.93. The van der Waals surface area contributed by atoms with Gasteiger partial charge in [-0.1, -0.05) is 18.2 Å². The standard InChI is InChI=1S/C12H9N2O2/c1-2-4-10-9(3-1)7-14-12(10)16-8-11-13-5-6-15-11/h1-6,14H,8H2. The molecule has 0 aliphatic rings. The van der Waals surface area contributed by atoms with E-state index in [2.05, 4.69) is 16.2 Å². The fourth-order valence-electron chi connectivity index (χ4n) is 1.55. The molecule has 1 radical (unpaired) electrons. The molecule has 4 nitrogen and oxygen atoms in total. The predicted molar refractivity (Wildman–Crippen MR) is 58.0 cm³/mol. The Hall–Kier alpha value is -2.23. The van der Waals surface area contributed by atoms with Crippen LogP contribution < -0.4 is 4.74 Å². The molecule has 0 saturated heterocycles. The van der Waals surface area contributed by atoms with E-state index in [-0.39, 0.29) is 0 Å². The zero-order valence-corrected chi connectivity index (χ0v) is 8.43. The van der Waals surface area contributed by atoms with Crippen molar-refractivity contribution >= 4 is 10.8 Å². The van der Waals surface area contributed by atoms with E-state index in [1.165, 1.54) is 6.26 Å². The molecule has 0 aliphatic carbocycles. The molecule has 0 aliphatic heterocycles. The SMILES string of the molecule is [c]1[nH]c(OCc2ncco2)c2ccccc12. The number of nitrogens with zero attached hydrogens (tertiary/aromatic N) is 1. The van der Waals surface area contributed by atoms with Gasteiger partial charge in [-0.05, 0) is 6.07 Å². The van der Waals surface area contributed by atoms with E-state index < -0.39 is 0 Å². The molecule has 0 atom stereocenters. The summed E-state index contributed by atoms with van der Waals surface area (Å²) in [5.41, 5.74) is 0. The number of hydrogen-bond donors (Lipinski definition) is 1. The third-order valence-electron chi connectivity index (χ3n) is 2.31. The Morgan fingerprint density at radius 3 is 3.19 bits per heavy atom. The van der Waals surface area contributed by atoms with Crippen LogP contribution in [-0.4, -0.2) is 9.97 Å². The molecule has 0 unspecified atom stereocenters. The van der Waals surface area contributed by atoms with Crippen molar-refractivity contribution in [1.29, 1.82) is 0 Å². The highest BCUT2D eigenvalue weighted by molar-refractivity contribution is 5.86. The molecule has 0 saturated carbocycles. The zero-order chi connectivity index (χ0) is 10.8. The molecule has 2 aromatic heterocycles. The first-order valence-electron chi connectivity index (χ1n) is 4.93. The van der Waals surface area contributed by atoms with Crippen LogP contribution in [0.3, 0.4) is 0 Å². The molecule has 16 heavy (non-hydrogen) atoms. The van der Waals surface area contributed by atoms with Gasteiger partial charge in [-0.2, -0.15) is 0 Å². The van der Waals surface area contributed by atoms with Crippen molar-refractivity contribution in [3.8, 4) is 5.88 Å². The molecular formula is C12H9N2O2. The topological polar surface area (TPSA) is 51.0 Å². The molecule has 3 aromatic rings. The first-order chi connectivity index (χ1) is 7.93. The molecule has 1 aromatic carbocycles. The molecule has 1 N–H and O–H groups in total. The number of rotatable bonds is 3. The van der Waals surface area contributed by atoms with Crippen LogP contribution in [0.5, 0.6) is 5.88 Å². The minimum atomic E-state index is 0.311. The Morgan fingerprint density at radius 1 is 1.38 bits per heavy atom. The third kappa shape index (κ3) is 1.54. The lowest BCUT2D eigenvalue weighted by Crippen LogP contribution is -1.95. The van der Waals surface area contributed by atoms with Gasteiger partial charge in [0, 0.05) is 10.8 Å². The van der Waals surface area contributed by atoms with Gasteiger partial charge in [-0.25, -0.2) is 4.98 Å². The smallest absolute Gasteiger partial charge is 0.232 e. The van der Waals surface area contributed by atoms with Crippen LogP contribution in [0.1, 0.15) is 5.89 Å². The second-order valence-electron chi connectivity index (χ2n) is 3.34. The van der Waals surface area contributed by atoms with E-state index in [1.54, 1.807) is 6.20 Å². The molecule has 0 spiro atoms. The minimum absolute atomic E-state index is 0.311. The molecule has 0 fully saturated rings. The highest BCUT2D eigenvalue weighted by Crippen LogP contribution is 2.24. The number of H-pyrrole nitrogens is 1. The number of ether oxygens (including phenoxy) is 1. The Kier molecular flexibility index (Phi) is 2.11. The van der Waals surface area contributed by atoms with E-state index in [9.17, 15) is 0 Å². The summed E-state index contributed by atoms with van der Waals surface area (Å²) < 4.78 is 10.6. The van der Waals surface area contributed by atoms with Crippen molar-refractivity contribution in [2.45, 2.75) is 6.61 Å². The average Bonchev–Trinajstić information content (AvgIpc) is 2.96. The van der Waals surface area contributed by atoms with Crippen molar-refractivity contribution < 1.29 is 9.15 Å². The summed E-state index contributed by atoms with van der Waals surface area (Å²) in [5, 5.41) is 2.01. The summed E-state index contributed by atoms with van der Waals surface area (Å²) in [5.74, 6) is 1.24. The molecule has 4 heteroatoms. The lowest BCUT2D eigenvalue weighted by Gasteiger charge is -2.00. The number of hydrogen-bond acceptors (Lipinski definition) is 3. The van der Waals surface area contributed by atoms with Crippen LogP contribution in [0.15, 0.2) is 41.1 Å².